The molecule has 5 heteroatoms. The molecule has 0 aliphatic carbocycles. The van der Waals surface area contributed by atoms with Gasteiger partial charge in [-0.1, -0.05) is 29.8 Å². The highest BCUT2D eigenvalue weighted by molar-refractivity contribution is 6.39. The van der Waals surface area contributed by atoms with E-state index in [2.05, 4.69) is 4.98 Å². The number of hydrogen-bond acceptors (Lipinski definition) is 3. The topological polar surface area (TPSA) is 44.1 Å². The summed E-state index contributed by atoms with van der Waals surface area (Å²) in [4.78, 5) is 16.5. The maximum atomic E-state index is 11.8. The molecule has 0 saturated carbocycles. The molecule has 2 aliphatic heterocycles. The van der Waals surface area contributed by atoms with Crippen LogP contribution in [0.15, 0.2) is 42.5 Å². The number of esters is 1. The zero-order chi connectivity index (χ0) is 16.1. The monoisotopic (exact) mass is 324 g/mol. The molecule has 2 heterocycles. The van der Waals surface area contributed by atoms with Crippen molar-refractivity contribution in [1.29, 1.82) is 0 Å². The molecule has 4 nitrogen and oxygen atoms in total. The van der Waals surface area contributed by atoms with Gasteiger partial charge in [0.05, 0.1) is 28.7 Å². The maximum Gasteiger partial charge on any atom is 0.337 e. The third-order valence-electron chi connectivity index (χ3n) is 4.18. The molecule has 2 aromatic rings. The Morgan fingerprint density at radius 1 is 1.17 bits per heavy atom. The Bertz CT molecular complexity index is 1050. The van der Waals surface area contributed by atoms with Crippen molar-refractivity contribution in [2.24, 2.45) is 7.05 Å². The highest BCUT2D eigenvalue weighted by Crippen LogP contribution is 2.41. The molecule has 2 aliphatic rings. The van der Waals surface area contributed by atoms with Crippen molar-refractivity contribution < 1.29 is 9.53 Å². The zero-order valence-electron chi connectivity index (χ0n) is 12.6. The van der Waals surface area contributed by atoms with Crippen molar-refractivity contribution in [2.45, 2.75) is 0 Å². The largest absolute Gasteiger partial charge is 0.465 e. The van der Waals surface area contributed by atoms with Gasteiger partial charge in [-0.05, 0) is 24.3 Å². The van der Waals surface area contributed by atoms with Crippen LogP contribution in [-0.4, -0.2) is 22.6 Å². The molecular weight excluding hydrogens is 312 g/mol. The minimum Gasteiger partial charge on any atom is -0.465 e. The van der Waals surface area contributed by atoms with E-state index in [1.165, 1.54) is 7.11 Å². The number of rotatable bonds is 1. The van der Waals surface area contributed by atoms with Gasteiger partial charge in [0.25, 0.3) is 0 Å². The Hall–Kier alpha value is -2.59. The van der Waals surface area contributed by atoms with Crippen LogP contribution in [0, 0.1) is 0 Å². The van der Waals surface area contributed by atoms with Gasteiger partial charge < -0.3 is 9.30 Å². The number of aryl methyl sites for hydroxylation is 1. The fourth-order valence-corrected chi connectivity index (χ4v) is 3.37. The normalized spacial score (nSPS) is 11.4. The van der Waals surface area contributed by atoms with Gasteiger partial charge in [0, 0.05) is 23.4 Å². The number of pyridine rings is 1. The fraction of sp³-hybridized carbons (Fsp3) is 0.111. The molecule has 0 aromatic heterocycles. The van der Waals surface area contributed by atoms with Gasteiger partial charge in [0.15, 0.2) is 0 Å². The number of benzene rings is 2. The number of halogens is 1. The molecule has 2 aromatic carbocycles. The van der Waals surface area contributed by atoms with E-state index < -0.39 is 0 Å². The van der Waals surface area contributed by atoms with Crippen molar-refractivity contribution in [3.05, 3.63) is 53.1 Å². The number of aromatic nitrogens is 2. The van der Waals surface area contributed by atoms with Crippen molar-refractivity contribution >= 4 is 39.4 Å². The average molecular weight is 325 g/mol. The lowest BCUT2D eigenvalue weighted by Gasteiger charge is -2.14. The van der Waals surface area contributed by atoms with Crippen LogP contribution in [0.2, 0.25) is 5.02 Å². The molecule has 0 N–H and O–H groups in total. The van der Waals surface area contributed by atoms with E-state index in [1.807, 2.05) is 41.9 Å². The summed E-state index contributed by atoms with van der Waals surface area (Å²) in [6, 6.07) is 13.3. The first-order valence-corrected chi connectivity index (χ1v) is 7.54. The number of hydrogen-bond donors (Lipinski definition) is 0. The van der Waals surface area contributed by atoms with Crippen LogP contribution in [0.4, 0.5) is 0 Å². The predicted octanol–water partition coefficient (Wildman–Crippen LogP) is 4.27. The summed E-state index contributed by atoms with van der Waals surface area (Å²) in [6.07, 6.45) is 0. The number of carbonyl (C=O) groups excluding carboxylic acids is 1. The summed E-state index contributed by atoms with van der Waals surface area (Å²) >= 11 is 6.68. The molecule has 0 unspecified atom stereocenters. The number of fused-ring (bicyclic) bond motifs is 4. The second kappa shape index (κ2) is 4.96. The SMILES string of the molecule is COC(=O)c1ccc2c(c1)c(Cl)c1c3ccccc3nc-1n2C. The Balaban J connectivity index is 2.17. The van der Waals surface area contributed by atoms with Gasteiger partial charge in [-0.25, -0.2) is 9.78 Å². The van der Waals surface area contributed by atoms with Gasteiger partial charge in [0.1, 0.15) is 5.82 Å². The maximum absolute atomic E-state index is 11.8. The molecular formula is C18H13ClN2O2. The molecule has 114 valence electrons. The van der Waals surface area contributed by atoms with Crippen LogP contribution in [0.25, 0.3) is 33.2 Å². The molecule has 0 fully saturated rings. The smallest absolute Gasteiger partial charge is 0.337 e. The summed E-state index contributed by atoms with van der Waals surface area (Å²) in [7, 11) is 3.32. The fourth-order valence-electron chi connectivity index (χ4n) is 3.03. The van der Waals surface area contributed by atoms with Crippen LogP contribution < -0.4 is 0 Å². The van der Waals surface area contributed by atoms with Gasteiger partial charge in [-0.2, -0.15) is 0 Å². The van der Waals surface area contributed by atoms with E-state index in [4.69, 9.17) is 16.3 Å². The van der Waals surface area contributed by atoms with E-state index in [9.17, 15) is 4.79 Å². The van der Waals surface area contributed by atoms with E-state index in [-0.39, 0.29) is 5.97 Å². The third kappa shape index (κ3) is 1.92. The van der Waals surface area contributed by atoms with Crippen LogP contribution in [0.1, 0.15) is 10.4 Å². The summed E-state index contributed by atoms with van der Waals surface area (Å²) < 4.78 is 6.79. The molecule has 0 saturated heterocycles. The van der Waals surface area contributed by atoms with Gasteiger partial charge in [0.2, 0.25) is 0 Å². The highest BCUT2D eigenvalue weighted by atomic mass is 35.5. The first-order chi connectivity index (χ1) is 11.1. The molecule has 4 rings (SSSR count). The quantitative estimate of drug-likeness (QED) is 0.491. The number of ether oxygens (including phenoxy) is 1. The number of nitrogens with zero attached hydrogens (tertiary/aromatic N) is 2. The highest BCUT2D eigenvalue weighted by Gasteiger charge is 2.21. The molecule has 0 bridgehead atoms. The van der Waals surface area contributed by atoms with Crippen molar-refractivity contribution in [1.82, 2.24) is 9.55 Å². The molecule has 0 amide bonds. The van der Waals surface area contributed by atoms with Crippen molar-refractivity contribution in [3.8, 4) is 11.4 Å². The van der Waals surface area contributed by atoms with Crippen LogP contribution in [0.3, 0.4) is 0 Å². The lowest BCUT2D eigenvalue weighted by Crippen LogP contribution is -2.04. The number of carbonyl (C=O) groups is 1. The summed E-state index contributed by atoms with van der Waals surface area (Å²) in [5.74, 6) is 0.450. The second-order valence-corrected chi connectivity index (χ2v) is 5.80. The first kappa shape index (κ1) is 14.0. The van der Waals surface area contributed by atoms with E-state index in [0.29, 0.717) is 10.6 Å². The molecule has 0 spiro atoms. The summed E-state index contributed by atoms with van der Waals surface area (Å²) in [5.41, 5.74) is 3.20. The standard InChI is InChI=1S/C18H13ClN2O2/c1-21-14-8-7-10(18(22)23-2)9-12(14)16(19)15-11-5-3-4-6-13(11)20-17(15)21/h3-9H,1-2H3. The third-order valence-corrected chi connectivity index (χ3v) is 4.57. The Morgan fingerprint density at radius 3 is 2.74 bits per heavy atom. The van der Waals surface area contributed by atoms with Gasteiger partial charge >= 0.3 is 5.97 Å². The summed E-state index contributed by atoms with van der Waals surface area (Å²) in [6.45, 7) is 0. The predicted molar refractivity (Wildman–Crippen MR) is 91.2 cm³/mol. The Kier molecular flexibility index (Phi) is 3.03. The summed E-state index contributed by atoms with van der Waals surface area (Å²) in [5, 5.41) is 2.42. The van der Waals surface area contributed by atoms with E-state index >= 15 is 0 Å². The van der Waals surface area contributed by atoms with Crippen LogP contribution >= 0.6 is 11.6 Å². The molecule has 23 heavy (non-hydrogen) atoms. The minimum absolute atomic E-state index is 0.379. The van der Waals surface area contributed by atoms with Gasteiger partial charge in [-0.15, -0.1) is 0 Å². The van der Waals surface area contributed by atoms with E-state index in [1.54, 1.807) is 12.1 Å². The number of para-hydroxylation sites is 1. The minimum atomic E-state index is -0.379. The van der Waals surface area contributed by atoms with Crippen molar-refractivity contribution in [3.63, 3.8) is 0 Å². The average Bonchev–Trinajstić information content (AvgIpc) is 2.98. The second-order valence-electron chi connectivity index (χ2n) is 5.42. The lowest BCUT2D eigenvalue weighted by atomic mass is 10.0. The molecule has 0 radical (unpaired) electrons. The van der Waals surface area contributed by atoms with Gasteiger partial charge in [-0.3, -0.25) is 0 Å². The van der Waals surface area contributed by atoms with Crippen molar-refractivity contribution in [2.75, 3.05) is 7.11 Å². The molecule has 0 atom stereocenters. The van der Waals surface area contributed by atoms with Crippen LogP contribution in [-0.2, 0) is 11.8 Å². The van der Waals surface area contributed by atoms with E-state index in [0.717, 1.165) is 33.2 Å². The lowest BCUT2D eigenvalue weighted by molar-refractivity contribution is 0.0601. The van der Waals surface area contributed by atoms with Crippen LogP contribution in [0.5, 0.6) is 0 Å². The Morgan fingerprint density at radius 2 is 1.96 bits per heavy atom. The first-order valence-electron chi connectivity index (χ1n) is 7.16. The Labute approximate surface area is 137 Å². The number of methoxy groups -OCH3 is 1. The zero-order valence-corrected chi connectivity index (χ0v) is 13.4.